The predicted molar refractivity (Wildman–Crippen MR) is 123 cm³/mol. The first-order valence-corrected chi connectivity index (χ1v) is 11.8. The fourth-order valence-electron chi connectivity index (χ4n) is 3.34. The molecular formula is C24H22F3NO6S. The van der Waals surface area contributed by atoms with Crippen molar-refractivity contribution in [3.05, 3.63) is 77.4 Å². The van der Waals surface area contributed by atoms with E-state index in [9.17, 15) is 31.5 Å². The van der Waals surface area contributed by atoms with Gasteiger partial charge in [0.15, 0.2) is 0 Å². The molecule has 7 nitrogen and oxygen atoms in total. The van der Waals surface area contributed by atoms with Crippen molar-refractivity contribution in [1.82, 2.24) is 0 Å². The number of benzene rings is 3. The lowest BCUT2D eigenvalue weighted by atomic mass is 10.0. The van der Waals surface area contributed by atoms with E-state index in [1.807, 2.05) is 0 Å². The molecule has 0 saturated heterocycles. The summed E-state index contributed by atoms with van der Waals surface area (Å²) < 4.78 is 74.0. The number of carboxylic acids is 1. The molecule has 0 unspecified atom stereocenters. The zero-order valence-corrected chi connectivity index (χ0v) is 19.8. The maximum atomic E-state index is 13.3. The monoisotopic (exact) mass is 509 g/mol. The molecule has 0 atom stereocenters. The molecule has 0 fully saturated rings. The van der Waals surface area contributed by atoms with Gasteiger partial charge in [-0.2, -0.15) is 0 Å². The van der Waals surface area contributed by atoms with Crippen LogP contribution in [0.4, 0.5) is 18.9 Å². The second-order valence-electron chi connectivity index (χ2n) is 7.50. The Morgan fingerprint density at radius 3 is 1.94 bits per heavy atom. The van der Waals surface area contributed by atoms with Crippen LogP contribution in [0.25, 0.3) is 0 Å². The fraction of sp³-hybridized carbons (Fsp3) is 0.208. The number of anilines is 1. The van der Waals surface area contributed by atoms with Gasteiger partial charge in [0.2, 0.25) is 0 Å². The number of rotatable bonds is 8. The Kier molecular flexibility index (Phi) is 7.30. The molecule has 0 saturated carbocycles. The Morgan fingerprint density at radius 1 is 0.943 bits per heavy atom. The topological polar surface area (TPSA) is 93.1 Å². The maximum Gasteiger partial charge on any atom is 0.573 e. The first-order valence-electron chi connectivity index (χ1n) is 10.3. The molecule has 0 aliphatic rings. The van der Waals surface area contributed by atoms with Crippen LogP contribution in [0.15, 0.2) is 65.6 Å². The summed E-state index contributed by atoms with van der Waals surface area (Å²) in [5.41, 5.74) is 1.26. The van der Waals surface area contributed by atoms with Crippen molar-refractivity contribution >= 4 is 21.7 Å². The van der Waals surface area contributed by atoms with Gasteiger partial charge < -0.3 is 14.6 Å². The minimum atomic E-state index is -4.80. The number of alkyl halides is 3. The summed E-state index contributed by atoms with van der Waals surface area (Å²) in [6.07, 6.45) is -4.80. The predicted octanol–water partition coefficient (Wildman–Crippen LogP) is 5.91. The molecule has 3 aromatic rings. The van der Waals surface area contributed by atoms with Crippen LogP contribution < -0.4 is 13.8 Å². The SMILES string of the molecule is CCN(c1ccc(Oc2ccc(OC(F)(F)F)cc2)cc1)S(=O)(=O)c1cc(C)c(C)c(C(=O)O)c1. The van der Waals surface area contributed by atoms with Gasteiger partial charge in [-0.15, -0.1) is 13.2 Å². The largest absolute Gasteiger partial charge is 0.573 e. The van der Waals surface area contributed by atoms with Crippen LogP contribution in [-0.2, 0) is 10.0 Å². The number of halogens is 3. The van der Waals surface area contributed by atoms with Gasteiger partial charge in [-0.3, -0.25) is 4.31 Å². The Balaban J connectivity index is 1.83. The molecule has 0 aliphatic heterocycles. The number of sulfonamides is 1. The third-order valence-electron chi connectivity index (χ3n) is 5.16. The number of hydrogen-bond acceptors (Lipinski definition) is 5. The van der Waals surface area contributed by atoms with Crippen LogP contribution in [0.1, 0.15) is 28.4 Å². The molecule has 1 N–H and O–H groups in total. The molecule has 3 rings (SSSR count). The molecule has 0 amide bonds. The van der Waals surface area contributed by atoms with Crippen molar-refractivity contribution in [1.29, 1.82) is 0 Å². The molecule has 11 heteroatoms. The molecule has 0 spiro atoms. The molecule has 186 valence electrons. The summed E-state index contributed by atoms with van der Waals surface area (Å²) in [6.45, 7) is 4.98. The van der Waals surface area contributed by atoms with Crippen molar-refractivity contribution in [2.24, 2.45) is 0 Å². The van der Waals surface area contributed by atoms with Crippen molar-refractivity contribution < 1.29 is 41.0 Å². The first kappa shape index (κ1) is 25.9. The van der Waals surface area contributed by atoms with E-state index in [-0.39, 0.29) is 28.5 Å². The maximum absolute atomic E-state index is 13.3. The van der Waals surface area contributed by atoms with Crippen molar-refractivity contribution in [2.45, 2.75) is 32.0 Å². The molecular weight excluding hydrogens is 487 g/mol. The van der Waals surface area contributed by atoms with Gasteiger partial charge in [0.1, 0.15) is 17.2 Å². The summed E-state index contributed by atoms with van der Waals surface area (Å²) in [5.74, 6) is -1.03. The number of nitrogens with zero attached hydrogens (tertiary/aromatic N) is 1. The molecule has 0 bridgehead atoms. The van der Waals surface area contributed by atoms with Crippen LogP contribution >= 0.6 is 0 Å². The second-order valence-corrected chi connectivity index (χ2v) is 9.37. The van der Waals surface area contributed by atoms with Gasteiger partial charge >= 0.3 is 12.3 Å². The molecule has 35 heavy (non-hydrogen) atoms. The van der Waals surface area contributed by atoms with Crippen LogP contribution in [0.2, 0.25) is 0 Å². The van der Waals surface area contributed by atoms with Crippen LogP contribution in [-0.4, -0.2) is 32.4 Å². The quantitative estimate of drug-likeness (QED) is 0.406. The fourth-order valence-corrected chi connectivity index (χ4v) is 4.93. The Hall–Kier alpha value is -3.73. The minimum absolute atomic E-state index is 0.0819. The Morgan fingerprint density at radius 2 is 1.46 bits per heavy atom. The normalized spacial score (nSPS) is 11.7. The number of hydrogen-bond donors (Lipinski definition) is 1. The smallest absolute Gasteiger partial charge is 0.478 e. The number of ether oxygens (including phenoxy) is 2. The summed E-state index contributed by atoms with van der Waals surface area (Å²) in [6, 6.07) is 13.4. The second kappa shape index (κ2) is 9.87. The van der Waals surface area contributed by atoms with E-state index in [2.05, 4.69) is 4.74 Å². The third kappa shape index (κ3) is 6.04. The highest BCUT2D eigenvalue weighted by Gasteiger charge is 2.31. The summed E-state index contributed by atoms with van der Waals surface area (Å²) in [5, 5.41) is 9.43. The standard InChI is InChI=1S/C24H22F3NO6S/c1-4-28(35(31,32)21-13-15(2)16(3)22(14-21)23(29)30)17-5-7-18(8-6-17)33-19-9-11-20(12-10-19)34-24(25,26)27/h5-14H,4H2,1-3H3,(H,29,30). The van der Waals surface area contributed by atoms with Gasteiger partial charge in [-0.1, -0.05) is 0 Å². The van der Waals surface area contributed by atoms with Crippen LogP contribution in [0, 0.1) is 13.8 Å². The Labute approximate surface area is 200 Å². The van der Waals surface area contributed by atoms with E-state index >= 15 is 0 Å². The van der Waals surface area contributed by atoms with E-state index in [4.69, 9.17) is 4.74 Å². The lowest BCUT2D eigenvalue weighted by molar-refractivity contribution is -0.274. The zero-order chi connectivity index (χ0) is 26.0. The number of aryl methyl sites for hydroxylation is 1. The van der Waals surface area contributed by atoms with Crippen LogP contribution in [0.3, 0.4) is 0 Å². The molecule has 0 radical (unpaired) electrons. The number of carbonyl (C=O) groups is 1. The van der Waals surface area contributed by atoms with E-state index in [0.29, 0.717) is 22.6 Å². The van der Waals surface area contributed by atoms with Gasteiger partial charge in [-0.25, -0.2) is 13.2 Å². The highest BCUT2D eigenvalue weighted by Crippen LogP contribution is 2.31. The van der Waals surface area contributed by atoms with E-state index in [0.717, 1.165) is 22.5 Å². The summed E-state index contributed by atoms with van der Waals surface area (Å²) >= 11 is 0. The lowest BCUT2D eigenvalue weighted by Crippen LogP contribution is -2.31. The summed E-state index contributed by atoms with van der Waals surface area (Å²) in [4.78, 5) is 11.4. The van der Waals surface area contributed by atoms with Gasteiger partial charge in [-0.05, 0) is 92.6 Å². The third-order valence-corrected chi connectivity index (χ3v) is 7.04. The summed E-state index contributed by atoms with van der Waals surface area (Å²) in [7, 11) is -4.07. The van der Waals surface area contributed by atoms with Crippen molar-refractivity contribution in [3.63, 3.8) is 0 Å². The molecule has 0 heterocycles. The van der Waals surface area contributed by atoms with Gasteiger partial charge in [0, 0.05) is 6.54 Å². The van der Waals surface area contributed by atoms with E-state index < -0.39 is 22.4 Å². The number of aromatic carboxylic acids is 1. The Bertz CT molecular complexity index is 1320. The van der Waals surface area contributed by atoms with E-state index in [1.165, 1.54) is 42.5 Å². The average Bonchev–Trinajstić information content (AvgIpc) is 2.77. The highest BCUT2D eigenvalue weighted by atomic mass is 32.2. The van der Waals surface area contributed by atoms with Crippen molar-refractivity contribution in [3.8, 4) is 17.2 Å². The van der Waals surface area contributed by atoms with E-state index in [1.54, 1.807) is 20.8 Å². The van der Waals surface area contributed by atoms with Gasteiger partial charge in [0.05, 0.1) is 16.1 Å². The lowest BCUT2D eigenvalue weighted by Gasteiger charge is -2.24. The number of carboxylic acid groups (broad SMARTS) is 1. The molecule has 0 aliphatic carbocycles. The average molecular weight is 510 g/mol. The van der Waals surface area contributed by atoms with Crippen molar-refractivity contribution in [2.75, 3.05) is 10.8 Å². The first-order chi connectivity index (χ1) is 16.3. The molecule has 3 aromatic carbocycles. The molecule has 0 aromatic heterocycles. The minimum Gasteiger partial charge on any atom is -0.478 e. The zero-order valence-electron chi connectivity index (χ0n) is 19.0. The highest BCUT2D eigenvalue weighted by molar-refractivity contribution is 7.92. The van der Waals surface area contributed by atoms with Gasteiger partial charge in [0.25, 0.3) is 10.0 Å². The van der Waals surface area contributed by atoms with Crippen LogP contribution in [0.5, 0.6) is 17.2 Å².